The first kappa shape index (κ1) is 23.4. The van der Waals surface area contributed by atoms with E-state index >= 15 is 0 Å². The number of rotatable bonds is 12. The Morgan fingerprint density at radius 3 is 2.15 bits per heavy atom. The Morgan fingerprint density at radius 1 is 0.926 bits per heavy atom. The van der Waals surface area contributed by atoms with Gasteiger partial charge in [0.2, 0.25) is 0 Å². The maximum atomic E-state index is 3.75. The lowest BCUT2D eigenvalue weighted by molar-refractivity contribution is 0.302. The van der Waals surface area contributed by atoms with Gasteiger partial charge in [-0.25, -0.2) is 0 Å². The lowest BCUT2D eigenvalue weighted by atomic mass is 9.80. The van der Waals surface area contributed by atoms with E-state index < -0.39 is 8.07 Å². The van der Waals surface area contributed by atoms with E-state index in [0.717, 1.165) is 5.92 Å². The van der Waals surface area contributed by atoms with Crippen LogP contribution in [0, 0.1) is 5.92 Å². The van der Waals surface area contributed by atoms with Gasteiger partial charge in [0, 0.05) is 30.9 Å². The summed E-state index contributed by atoms with van der Waals surface area (Å²) in [4.78, 5) is 0. The van der Waals surface area contributed by atoms with Crippen LogP contribution in [0.2, 0.25) is 25.7 Å². The molecule has 1 aromatic rings. The Hall–Kier alpha value is 0.127. The zero-order valence-electron chi connectivity index (χ0n) is 18.0. The van der Waals surface area contributed by atoms with Crippen molar-refractivity contribution in [1.82, 2.24) is 3.53 Å². The highest BCUT2D eigenvalue weighted by atomic mass is 127. The van der Waals surface area contributed by atoms with Crippen molar-refractivity contribution in [2.45, 2.75) is 108 Å². The van der Waals surface area contributed by atoms with Gasteiger partial charge < -0.3 is 0 Å². The largest absolute Gasteiger partial charge is 0.251 e. The summed E-state index contributed by atoms with van der Waals surface area (Å²) in [5.74, 6) is 1.02. The molecule has 0 spiro atoms. The Bertz CT molecular complexity index is 507. The number of benzene rings is 1. The molecule has 1 saturated carbocycles. The highest BCUT2D eigenvalue weighted by molar-refractivity contribution is 14.1. The second kappa shape index (κ2) is 12.0. The van der Waals surface area contributed by atoms with Crippen LogP contribution in [0.5, 0.6) is 0 Å². The van der Waals surface area contributed by atoms with Crippen molar-refractivity contribution in [3.05, 3.63) is 35.9 Å². The van der Waals surface area contributed by atoms with Crippen molar-refractivity contribution in [3.63, 3.8) is 0 Å². The van der Waals surface area contributed by atoms with E-state index in [1.54, 1.807) is 0 Å². The van der Waals surface area contributed by atoms with Gasteiger partial charge in [0.25, 0.3) is 0 Å². The van der Waals surface area contributed by atoms with Gasteiger partial charge in [-0.3, -0.25) is 3.53 Å². The predicted octanol–water partition coefficient (Wildman–Crippen LogP) is 8.47. The van der Waals surface area contributed by atoms with Crippen LogP contribution in [0.4, 0.5) is 0 Å². The van der Waals surface area contributed by atoms with Crippen LogP contribution in [0.25, 0.3) is 0 Å². The standard InChI is InChI=1S/C24H42INSi/c1-27(2,3)21-13-12-20-24(26-25,23-17-8-5-9-18-23)19-11-10-16-22-14-6-4-7-15-22/h5,8-9,17-18,22,26H,4,6-7,10-16,19-21H2,1-3H3. The second-order valence-corrected chi connectivity index (χ2v) is 16.2. The Morgan fingerprint density at radius 2 is 1.56 bits per heavy atom. The lowest BCUT2D eigenvalue weighted by Gasteiger charge is -2.34. The molecule has 1 N–H and O–H groups in total. The van der Waals surface area contributed by atoms with Gasteiger partial charge in [-0.15, -0.1) is 0 Å². The number of halogens is 1. The van der Waals surface area contributed by atoms with E-state index in [1.807, 2.05) is 0 Å². The molecule has 1 aliphatic rings. The van der Waals surface area contributed by atoms with Gasteiger partial charge in [0.05, 0.1) is 5.54 Å². The normalized spacial score (nSPS) is 18.4. The topological polar surface area (TPSA) is 12.0 Å². The number of unbranched alkanes of at least 4 members (excludes halogenated alkanes) is 2. The number of hydrogen-bond acceptors (Lipinski definition) is 1. The molecular formula is C24H42INSi. The van der Waals surface area contributed by atoms with Crippen molar-refractivity contribution in [1.29, 1.82) is 0 Å². The van der Waals surface area contributed by atoms with E-state index in [2.05, 4.69) is 76.4 Å². The molecule has 0 amide bonds. The highest BCUT2D eigenvalue weighted by Crippen LogP contribution is 2.36. The molecule has 0 radical (unpaired) electrons. The molecule has 0 saturated heterocycles. The lowest BCUT2D eigenvalue weighted by Crippen LogP contribution is -2.36. The zero-order chi connectivity index (χ0) is 19.6. The summed E-state index contributed by atoms with van der Waals surface area (Å²) in [6.45, 7) is 7.50. The zero-order valence-corrected chi connectivity index (χ0v) is 21.2. The van der Waals surface area contributed by atoms with Crippen LogP contribution in [0.3, 0.4) is 0 Å². The first-order valence-electron chi connectivity index (χ1n) is 11.4. The average molecular weight is 500 g/mol. The molecule has 0 bridgehead atoms. The van der Waals surface area contributed by atoms with Gasteiger partial charge in [0.1, 0.15) is 0 Å². The first-order valence-corrected chi connectivity index (χ1v) is 16.2. The third kappa shape index (κ3) is 8.57. The molecule has 1 aromatic carbocycles. The van der Waals surface area contributed by atoms with E-state index in [9.17, 15) is 0 Å². The average Bonchev–Trinajstić information content (AvgIpc) is 2.68. The predicted molar refractivity (Wildman–Crippen MR) is 132 cm³/mol. The maximum Gasteiger partial charge on any atom is 0.0524 e. The highest BCUT2D eigenvalue weighted by Gasteiger charge is 2.30. The summed E-state index contributed by atoms with van der Waals surface area (Å²) in [7, 11) is -0.916. The molecule has 0 aliphatic heterocycles. The molecule has 1 unspecified atom stereocenters. The minimum atomic E-state index is -0.916. The van der Waals surface area contributed by atoms with E-state index in [-0.39, 0.29) is 5.54 Å². The molecule has 2 rings (SSSR count). The van der Waals surface area contributed by atoms with Crippen molar-refractivity contribution in [2.75, 3.05) is 0 Å². The maximum absolute atomic E-state index is 3.75. The first-order chi connectivity index (χ1) is 13.0. The minimum Gasteiger partial charge on any atom is -0.251 e. The van der Waals surface area contributed by atoms with E-state index in [4.69, 9.17) is 0 Å². The quantitative estimate of drug-likeness (QED) is 0.132. The summed E-state index contributed by atoms with van der Waals surface area (Å²) in [5, 5.41) is 0. The smallest absolute Gasteiger partial charge is 0.0524 e. The second-order valence-electron chi connectivity index (χ2n) is 10.1. The molecule has 0 aromatic heterocycles. The summed E-state index contributed by atoms with van der Waals surface area (Å²) in [6.07, 6.45) is 16.9. The van der Waals surface area contributed by atoms with Crippen LogP contribution < -0.4 is 3.53 Å². The summed E-state index contributed by atoms with van der Waals surface area (Å²) in [6, 6.07) is 12.7. The van der Waals surface area contributed by atoms with Gasteiger partial charge in [-0.1, -0.05) is 120 Å². The third-order valence-corrected chi connectivity index (χ3v) is 9.36. The fourth-order valence-electron chi connectivity index (χ4n) is 4.74. The van der Waals surface area contributed by atoms with E-state index in [0.29, 0.717) is 0 Å². The molecule has 1 atom stereocenters. The van der Waals surface area contributed by atoms with Crippen LogP contribution in [-0.2, 0) is 5.54 Å². The SMILES string of the molecule is C[Si](C)(C)CCCCC(CCCCC1CCCCC1)(NI)c1ccccc1. The summed E-state index contributed by atoms with van der Waals surface area (Å²) in [5.41, 5.74) is 1.65. The van der Waals surface area contributed by atoms with Crippen LogP contribution in [-0.4, -0.2) is 8.07 Å². The van der Waals surface area contributed by atoms with Gasteiger partial charge in [-0.05, 0) is 24.3 Å². The molecular weight excluding hydrogens is 457 g/mol. The van der Waals surface area contributed by atoms with Crippen LogP contribution >= 0.6 is 22.9 Å². The Kier molecular flexibility index (Phi) is 10.4. The molecule has 1 nitrogen and oxygen atoms in total. The molecule has 1 aliphatic carbocycles. The third-order valence-electron chi connectivity index (χ3n) is 6.48. The van der Waals surface area contributed by atoms with Crippen LogP contribution in [0.1, 0.15) is 82.6 Å². The fraction of sp³-hybridized carbons (Fsp3) is 0.750. The van der Waals surface area contributed by atoms with Crippen molar-refractivity contribution in [2.24, 2.45) is 5.92 Å². The van der Waals surface area contributed by atoms with Gasteiger partial charge in [0.15, 0.2) is 0 Å². The molecule has 154 valence electrons. The van der Waals surface area contributed by atoms with Gasteiger partial charge in [-0.2, -0.15) is 0 Å². The van der Waals surface area contributed by atoms with Crippen molar-refractivity contribution < 1.29 is 0 Å². The van der Waals surface area contributed by atoms with E-state index in [1.165, 1.54) is 88.7 Å². The fourth-order valence-corrected chi connectivity index (χ4v) is 6.90. The Balaban J connectivity index is 1.89. The van der Waals surface area contributed by atoms with Crippen molar-refractivity contribution >= 4 is 30.9 Å². The molecule has 1 fully saturated rings. The molecule has 0 heterocycles. The monoisotopic (exact) mass is 499 g/mol. The Labute approximate surface area is 184 Å². The number of nitrogens with one attached hydrogen (secondary N) is 1. The summed E-state index contributed by atoms with van der Waals surface area (Å²) < 4.78 is 3.75. The van der Waals surface area contributed by atoms with Crippen LogP contribution in [0.15, 0.2) is 30.3 Å². The van der Waals surface area contributed by atoms with Crippen molar-refractivity contribution in [3.8, 4) is 0 Å². The summed E-state index contributed by atoms with van der Waals surface area (Å²) >= 11 is 2.43. The van der Waals surface area contributed by atoms with Gasteiger partial charge >= 0.3 is 0 Å². The molecule has 27 heavy (non-hydrogen) atoms. The molecule has 3 heteroatoms. The number of hydrogen-bond donors (Lipinski definition) is 1. The minimum absolute atomic E-state index is 0.161.